The number of rotatable bonds is 5. The van der Waals surface area contributed by atoms with Crippen LogP contribution in [-0.4, -0.2) is 22.9 Å². The van der Waals surface area contributed by atoms with Gasteiger partial charge in [-0.2, -0.15) is 0 Å². The molecule has 2 aliphatic rings. The van der Waals surface area contributed by atoms with Crippen LogP contribution in [0.2, 0.25) is 0 Å². The molecule has 130 valence electrons. The first kappa shape index (κ1) is 17.0. The number of hydrogen-bond acceptors (Lipinski definition) is 4. The summed E-state index contributed by atoms with van der Waals surface area (Å²) in [6.07, 6.45) is 4.51. The van der Waals surface area contributed by atoms with Crippen LogP contribution in [-0.2, 0) is 16.0 Å². The van der Waals surface area contributed by atoms with Gasteiger partial charge in [-0.1, -0.05) is 13.3 Å². The molecule has 2 bridgehead atoms. The Balaban J connectivity index is 1.58. The first-order valence-electron chi connectivity index (χ1n) is 8.41. The first-order valence-corrected chi connectivity index (χ1v) is 9.29. The fourth-order valence-electron chi connectivity index (χ4n) is 4.17. The molecule has 3 rings (SSSR count). The van der Waals surface area contributed by atoms with Gasteiger partial charge in [-0.05, 0) is 43.6 Å². The van der Waals surface area contributed by atoms with Crippen LogP contribution in [0.15, 0.2) is 11.4 Å². The zero-order chi connectivity index (χ0) is 17.3. The topological polar surface area (TPSA) is 95.5 Å². The van der Waals surface area contributed by atoms with Gasteiger partial charge >= 0.3 is 5.97 Å². The van der Waals surface area contributed by atoms with E-state index >= 15 is 0 Å². The maximum Gasteiger partial charge on any atom is 0.307 e. The highest BCUT2D eigenvalue weighted by Crippen LogP contribution is 2.52. The SMILES string of the molecule is CCCc1cc(C(=O)NNC(=O)C2C3CCC(C3)C2C(=O)O)cs1. The number of aliphatic carboxylic acids is 1. The average molecular weight is 350 g/mol. The van der Waals surface area contributed by atoms with Crippen molar-refractivity contribution in [1.82, 2.24) is 10.9 Å². The lowest BCUT2D eigenvalue weighted by Crippen LogP contribution is -2.48. The highest BCUT2D eigenvalue weighted by atomic mass is 32.1. The van der Waals surface area contributed by atoms with Crippen molar-refractivity contribution in [3.8, 4) is 0 Å². The Morgan fingerprint density at radius 3 is 2.58 bits per heavy atom. The van der Waals surface area contributed by atoms with E-state index in [1.165, 1.54) is 11.3 Å². The largest absolute Gasteiger partial charge is 0.481 e. The van der Waals surface area contributed by atoms with Crippen LogP contribution < -0.4 is 10.9 Å². The number of carboxylic acids is 1. The lowest BCUT2D eigenvalue weighted by molar-refractivity contribution is -0.149. The van der Waals surface area contributed by atoms with E-state index in [2.05, 4.69) is 17.8 Å². The molecule has 7 heteroatoms. The molecule has 1 heterocycles. The Bertz CT molecular complexity index is 657. The Kier molecular flexibility index (Phi) is 4.89. The number of nitrogens with one attached hydrogen (secondary N) is 2. The molecule has 0 aromatic carbocycles. The number of hydrogen-bond donors (Lipinski definition) is 3. The summed E-state index contributed by atoms with van der Waals surface area (Å²) in [5, 5.41) is 11.2. The third-order valence-corrected chi connectivity index (χ3v) is 6.21. The van der Waals surface area contributed by atoms with Crippen LogP contribution in [0.4, 0.5) is 0 Å². The third kappa shape index (κ3) is 3.17. The molecule has 2 saturated carbocycles. The summed E-state index contributed by atoms with van der Waals surface area (Å²) < 4.78 is 0. The maximum atomic E-state index is 12.4. The van der Waals surface area contributed by atoms with E-state index < -0.39 is 17.8 Å². The van der Waals surface area contributed by atoms with Gasteiger partial charge in [0.1, 0.15) is 0 Å². The van der Waals surface area contributed by atoms with Gasteiger partial charge in [-0.3, -0.25) is 25.2 Å². The number of amides is 2. The Morgan fingerprint density at radius 1 is 1.21 bits per heavy atom. The monoisotopic (exact) mass is 350 g/mol. The lowest BCUT2D eigenvalue weighted by atomic mass is 9.79. The molecule has 2 amide bonds. The van der Waals surface area contributed by atoms with E-state index in [4.69, 9.17) is 0 Å². The molecule has 0 radical (unpaired) electrons. The fraction of sp³-hybridized carbons (Fsp3) is 0.588. The molecular weight excluding hydrogens is 328 g/mol. The zero-order valence-electron chi connectivity index (χ0n) is 13.6. The molecule has 0 aliphatic heterocycles. The summed E-state index contributed by atoms with van der Waals surface area (Å²) in [5.41, 5.74) is 5.38. The van der Waals surface area contributed by atoms with Gasteiger partial charge in [-0.15, -0.1) is 11.3 Å². The highest BCUT2D eigenvalue weighted by molar-refractivity contribution is 7.10. The Morgan fingerprint density at radius 2 is 1.92 bits per heavy atom. The normalized spacial score (nSPS) is 27.9. The molecule has 1 aromatic heterocycles. The smallest absolute Gasteiger partial charge is 0.307 e. The van der Waals surface area contributed by atoms with Crippen molar-refractivity contribution >= 4 is 29.1 Å². The number of thiophene rings is 1. The van der Waals surface area contributed by atoms with Gasteiger partial charge in [0.25, 0.3) is 5.91 Å². The molecule has 2 aliphatic carbocycles. The van der Waals surface area contributed by atoms with Gasteiger partial charge < -0.3 is 5.11 Å². The van der Waals surface area contributed by atoms with Crippen molar-refractivity contribution < 1.29 is 19.5 Å². The van der Waals surface area contributed by atoms with Gasteiger partial charge in [0, 0.05) is 10.3 Å². The molecule has 1 aromatic rings. The van der Waals surface area contributed by atoms with Crippen LogP contribution >= 0.6 is 11.3 Å². The van der Waals surface area contributed by atoms with Crippen LogP contribution in [0.1, 0.15) is 47.8 Å². The van der Waals surface area contributed by atoms with Crippen molar-refractivity contribution in [3.05, 3.63) is 21.9 Å². The van der Waals surface area contributed by atoms with Crippen molar-refractivity contribution in [2.24, 2.45) is 23.7 Å². The molecular formula is C17H22N2O4S. The summed E-state index contributed by atoms with van der Waals surface area (Å²) in [7, 11) is 0. The molecule has 4 atom stereocenters. The minimum Gasteiger partial charge on any atom is -0.481 e. The van der Waals surface area contributed by atoms with Gasteiger partial charge in [0.05, 0.1) is 17.4 Å². The van der Waals surface area contributed by atoms with E-state index in [1.54, 1.807) is 5.38 Å². The maximum absolute atomic E-state index is 12.4. The van der Waals surface area contributed by atoms with Crippen LogP contribution in [0.5, 0.6) is 0 Å². The number of carbonyl (C=O) groups excluding carboxylic acids is 2. The molecule has 2 fully saturated rings. The first-order chi connectivity index (χ1) is 11.5. The van der Waals surface area contributed by atoms with Crippen LogP contribution in [0.25, 0.3) is 0 Å². The fourth-order valence-corrected chi connectivity index (χ4v) is 5.15. The van der Waals surface area contributed by atoms with E-state index in [0.29, 0.717) is 5.56 Å². The molecule has 24 heavy (non-hydrogen) atoms. The molecule has 0 saturated heterocycles. The van der Waals surface area contributed by atoms with Crippen LogP contribution in [0.3, 0.4) is 0 Å². The summed E-state index contributed by atoms with van der Waals surface area (Å²) >= 11 is 1.52. The molecule has 3 N–H and O–H groups in total. The predicted molar refractivity (Wildman–Crippen MR) is 89.4 cm³/mol. The number of fused-ring (bicyclic) bond motifs is 2. The quantitative estimate of drug-likeness (QED) is 0.710. The van der Waals surface area contributed by atoms with Crippen molar-refractivity contribution in [3.63, 3.8) is 0 Å². The van der Waals surface area contributed by atoms with Gasteiger partial charge in [0.2, 0.25) is 5.91 Å². The summed E-state index contributed by atoms with van der Waals surface area (Å²) in [5.74, 6) is -2.62. The van der Waals surface area contributed by atoms with Crippen molar-refractivity contribution in [1.29, 1.82) is 0 Å². The Labute approximate surface area is 144 Å². The summed E-state index contributed by atoms with van der Waals surface area (Å²) in [4.78, 5) is 37.1. The molecule has 4 unspecified atom stereocenters. The molecule has 0 spiro atoms. The summed E-state index contributed by atoms with van der Waals surface area (Å²) in [6.45, 7) is 2.08. The summed E-state index contributed by atoms with van der Waals surface area (Å²) in [6, 6.07) is 1.83. The predicted octanol–water partition coefficient (Wildman–Crippen LogP) is 2.21. The van der Waals surface area contributed by atoms with E-state index in [9.17, 15) is 19.5 Å². The van der Waals surface area contributed by atoms with Gasteiger partial charge in [-0.25, -0.2) is 0 Å². The highest BCUT2D eigenvalue weighted by Gasteiger charge is 2.54. The number of aryl methyl sites for hydroxylation is 1. The third-order valence-electron chi connectivity index (χ3n) is 5.22. The average Bonchev–Trinajstić information content (AvgIpc) is 3.27. The van der Waals surface area contributed by atoms with E-state index in [0.717, 1.165) is 37.0 Å². The van der Waals surface area contributed by atoms with E-state index in [-0.39, 0.29) is 23.7 Å². The van der Waals surface area contributed by atoms with Gasteiger partial charge in [0.15, 0.2) is 0 Å². The van der Waals surface area contributed by atoms with E-state index in [1.807, 2.05) is 6.07 Å². The van der Waals surface area contributed by atoms with Crippen molar-refractivity contribution in [2.75, 3.05) is 0 Å². The zero-order valence-corrected chi connectivity index (χ0v) is 14.4. The second-order valence-corrected chi connectivity index (χ2v) is 7.71. The van der Waals surface area contributed by atoms with Crippen LogP contribution in [0, 0.1) is 23.7 Å². The number of hydrazine groups is 1. The second kappa shape index (κ2) is 6.93. The van der Waals surface area contributed by atoms with Crippen molar-refractivity contribution in [2.45, 2.75) is 39.0 Å². The Hall–Kier alpha value is -1.89. The standard InChI is InChI=1S/C17H22N2O4S/c1-2-3-12-7-11(8-24-12)15(20)18-19-16(21)13-9-4-5-10(6-9)14(13)17(22)23/h7-10,13-14H,2-6H2,1H3,(H,18,20)(H,19,21)(H,22,23). The minimum absolute atomic E-state index is 0.0902. The molecule has 6 nitrogen and oxygen atoms in total. The lowest BCUT2D eigenvalue weighted by Gasteiger charge is -2.26. The second-order valence-electron chi connectivity index (χ2n) is 6.72. The number of carbonyl (C=O) groups is 3. The number of carboxylic acid groups (broad SMARTS) is 1. The minimum atomic E-state index is -0.907.